The number of hydrogen-bond donors (Lipinski definition) is 1. The maximum atomic E-state index is 9.32. The molecule has 2 fully saturated rings. The van der Waals surface area contributed by atoms with Crippen molar-refractivity contribution < 1.29 is 4.74 Å². The molecule has 8 nitrogen and oxygen atoms in total. The molecule has 0 bridgehead atoms. The summed E-state index contributed by atoms with van der Waals surface area (Å²) in [5, 5.41) is 12.8. The van der Waals surface area contributed by atoms with Crippen LogP contribution in [0.3, 0.4) is 0 Å². The molecule has 0 spiro atoms. The van der Waals surface area contributed by atoms with Gasteiger partial charge in [-0.2, -0.15) is 15.2 Å². The van der Waals surface area contributed by atoms with Gasteiger partial charge in [0.15, 0.2) is 0 Å². The number of likely N-dealkylation sites (N-methyl/N-ethyl adjacent to an activating group) is 1. The number of nitrogens with one attached hydrogen (secondary N) is 1. The van der Waals surface area contributed by atoms with Crippen molar-refractivity contribution in [2.24, 2.45) is 0 Å². The topological polar surface area (TPSA) is 80.5 Å². The largest absolute Gasteiger partial charge is 0.462 e. The van der Waals surface area contributed by atoms with Crippen molar-refractivity contribution in [3.05, 3.63) is 70.9 Å². The second-order valence-electron chi connectivity index (χ2n) is 11.3. The van der Waals surface area contributed by atoms with E-state index in [0.29, 0.717) is 25.1 Å². The van der Waals surface area contributed by atoms with Crippen LogP contribution in [0.25, 0.3) is 11.1 Å². The highest BCUT2D eigenvalue weighted by atomic mass is 16.5. The first-order chi connectivity index (χ1) is 19.2. The molecule has 3 aromatic rings. The lowest BCUT2D eigenvalue weighted by Crippen LogP contribution is -2.51. The standard InChI is InChI=1S/C31H35N7O/c1-36-15-6-7-22(36)20-39-31-34-28-19-38(18-27(28)30(35-31)37-16-14-33-21(17-37)12-13-32)29-25-10-4-2-8-23(25)24-9-3-5-11-26(24)29/h2-5,8-11,21-22,29,33H,6-7,12,14-20H2,1H3/t21-,22-/m0/s1. The molecule has 0 amide bonds. The van der Waals surface area contributed by atoms with Crippen LogP contribution in [-0.2, 0) is 13.1 Å². The molecule has 4 heterocycles. The lowest BCUT2D eigenvalue weighted by Gasteiger charge is -2.34. The van der Waals surface area contributed by atoms with Gasteiger partial charge in [-0.05, 0) is 48.7 Å². The number of nitrogens with zero attached hydrogens (tertiary/aromatic N) is 6. The van der Waals surface area contributed by atoms with Gasteiger partial charge < -0.3 is 19.9 Å². The molecule has 200 valence electrons. The van der Waals surface area contributed by atoms with E-state index in [0.717, 1.165) is 57.2 Å². The van der Waals surface area contributed by atoms with E-state index in [9.17, 15) is 5.26 Å². The number of likely N-dealkylation sites (tertiary alicyclic amines) is 1. The van der Waals surface area contributed by atoms with Gasteiger partial charge in [0.05, 0.1) is 24.2 Å². The van der Waals surface area contributed by atoms with Crippen LogP contribution in [0.4, 0.5) is 5.82 Å². The predicted molar refractivity (Wildman–Crippen MR) is 150 cm³/mol. The first-order valence-electron chi connectivity index (χ1n) is 14.2. The van der Waals surface area contributed by atoms with E-state index < -0.39 is 0 Å². The summed E-state index contributed by atoms with van der Waals surface area (Å²) in [5.74, 6) is 0.973. The molecule has 3 aliphatic heterocycles. The molecular weight excluding hydrogens is 486 g/mol. The van der Waals surface area contributed by atoms with Crippen molar-refractivity contribution in [3.63, 3.8) is 0 Å². The molecule has 1 N–H and O–H groups in total. The molecule has 1 aliphatic carbocycles. The first-order valence-corrected chi connectivity index (χ1v) is 14.2. The summed E-state index contributed by atoms with van der Waals surface area (Å²) in [6, 6.07) is 21.1. The van der Waals surface area contributed by atoms with Crippen LogP contribution < -0.4 is 15.0 Å². The third-order valence-electron chi connectivity index (χ3n) is 8.90. The maximum absolute atomic E-state index is 9.32. The van der Waals surface area contributed by atoms with E-state index in [1.807, 2.05) is 0 Å². The van der Waals surface area contributed by atoms with Gasteiger partial charge in [-0.3, -0.25) is 4.90 Å². The lowest BCUT2D eigenvalue weighted by atomic mass is 10.0. The van der Waals surface area contributed by atoms with Crippen LogP contribution >= 0.6 is 0 Å². The highest BCUT2D eigenvalue weighted by molar-refractivity contribution is 5.78. The average molecular weight is 522 g/mol. The minimum atomic E-state index is 0.136. The Morgan fingerprint density at radius 3 is 2.51 bits per heavy atom. The Kier molecular flexibility index (Phi) is 6.43. The predicted octanol–water partition coefficient (Wildman–Crippen LogP) is 3.73. The van der Waals surface area contributed by atoms with Crippen molar-refractivity contribution in [1.82, 2.24) is 25.1 Å². The molecule has 4 aliphatic rings. The molecule has 39 heavy (non-hydrogen) atoms. The number of aromatic nitrogens is 2. The highest BCUT2D eigenvalue weighted by Gasteiger charge is 2.38. The normalized spacial score (nSPS) is 22.9. The van der Waals surface area contributed by atoms with Crippen molar-refractivity contribution >= 4 is 5.82 Å². The number of piperazine rings is 1. The molecule has 0 saturated carbocycles. The molecular formula is C31H35N7O. The number of nitriles is 1. The summed E-state index contributed by atoms with van der Waals surface area (Å²) >= 11 is 0. The van der Waals surface area contributed by atoms with E-state index in [4.69, 9.17) is 14.7 Å². The van der Waals surface area contributed by atoms with Gasteiger partial charge in [-0.25, -0.2) is 0 Å². The first kappa shape index (κ1) is 24.5. The van der Waals surface area contributed by atoms with Crippen molar-refractivity contribution in [2.45, 2.75) is 50.5 Å². The Labute approximate surface area is 230 Å². The van der Waals surface area contributed by atoms with Gasteiger partial charge in [0, 0.05) is 50.4 Å². The number of fused-ring (bicyclic) bond motifs is 4. The summed E-state index contributed by atoms with van der Waals surface area (Å²) < 4.78 is 6.29. The molecule has 2 saturated heterocycles. The van der Waals surface area contributed by atoms with E-state index in [2.05, 4.69) is 81.7 Å². The molecule has 0 radical (unpaired) electrons. The Bertz CT molecular complexity index is 1370. The second-order valence-corrected chi connectivity index (χ2v) is 11.3. The van der Waals surface area contributed by atoms with Gasteiger partial charge in [-0.15, -0.1) is 0 Å². The number of hydrogen-bond acceptors (Lipinski definition) is 8. The number of benzene rings is 2. The maximum Gasteiger partial charge on any atom is 0.318 e. The third-order valence-corrected chi connectivity index (χ3v) is 8.90. The van der Waals surface area contributed by atoms with Crippen molar-refractivity contribution in [2.75, 3.05) is 44.7 Å². The van der Waals surface area contributed by atoms with Gasteiger partial charge >= 0.3 is 6.01 Å². The third kappa shape index (κ3) is 4.45. The summed E-state index contributed by atoms with van der Waals surface area (Å²) in [6.45, 7) is 5.72. The van der Waals surface area contributed by atoms with Crippen LogP contribution in [0.15, 0.2) is 48.5 Å². The fraction of sp³-hybridized carbons (Fsp3) is 0.452. The fourth-order valence-corrected chi connectivity index (χ4v) is 6.90. The number of anilines is 1. The monoisotopic (exact) mass is 521 g/mol. The molecule has 7 rings (SSSR count). The molecule has 2 atom stereocenters. The summed E-state index contributed by atoms with van der Waals surface area (Å²) in [4.78, 5) is 17.3. The lowest BCUT2D eigenvalue weighted by molar-refractivity contribution is 0.187. The SMILES string of the molecule is CN1CCC[C@H]1COc1nc2c(c(N3CCN[C@@H](CC#N)C3)n1)CN(C1c3ccccc3-c3ccccc31)C2. The van der Waals surface area contributed by atoms with E-state index in [1.54, 1.807) is 0 Å². The minimum Gasteiger partial charge on any atom is -0.462 e. The van der Waals surface area contributed by atoms with Crippen LogP contribution in [0.1, 0.15) is 47.7 Å². The van der Waals surface area contributed by atoms with E-state index in [1.165, 1.54) is 34.2 Å². The van der Waals surface area contributed by atoms with Gasteiger partial charge in [-0.1, -0.05) is 48.5 Å². The summed E-state index contributed by atoms with van der Waals surface area (Å²) in [7, 11) is 2.17. The van der Waals surface area contributed by atoms with E-state index in [-0.39, 0.29) is 12.1 Å². The van der Waals surface area contributed by atoms with Crippen molar-refractivity contribution in [1.29, 1.82) is 5.26 Å². The number of ether oxygens (including phenoxy) is 1. The molecule has 8 heteroatoms. The Hall–Kier alpha value is -3.51. The van der Waals surface area contributed by atoms with E-state index >= 15 is 0 Å². The van der Waals surface area contributed by atoms with Crippen LogP contribution in [-0.4, -0.2) is 71.7 Å². The van der Waals surface area contributed by atoms with Gasteiger partial charge in [0.1, 0.15) is 12.4 Å². The Balaban J connectivity index is 1.22. The Morgan fingerprint density at radius 1 is 1.03 bits per heavy atom. The van der Waals surface area contributed by atoms with Gasteiger partial charge in [0.2, 0.25) is 0 Å². The summed E-state index contributed by atoms with van der Waals surface area (Å²) in [6.07, 6.45) is 2.85. The van der Waals surface area contributed by atoms with Gasteiger partial charge in [0.25, 0.3) is 0 Å². The number of rotatable bonds is 6. The highest BCUT2D eigenvalue weighted by Crippen LogP contribution is 2.49. The fourth-order valence-electron chi connectivity index (χ4n) is 6.90. The zero-order chi connectivity index (χ0) is 26.3. The molecule has 0 unspecified atom stereocenters. The second kappa shape index (κ2) is 10.2. The van der Waals surface area contributed by atoms with Crippen LogP contribution in [0.2, 0.25) is 0 Å². The quantitative estimate of drug-likeness (QED) is 0.526. The smallest absolute Gasteiger partial charge is 0.318 e. The molecule has 1 aromatic heterocycles. The summed E-state index contributed by atoms with van der Waals surface area (Å²) in [5.41, 5.74) is 7.63. The zero-order valence-corrected chi connectivity index (χ0v) is 22.5. The van der Waals surface area contributed by atoms with Crippen LogP contribution in [0.5, 0.6) is 6.01 Å². The Morgan fingerprint density at radius 2 is 1.79 bits per heavy atom. The average Bonchev–Trinajstić information content (AvgIpc) is 3.66. The zero-order valence-electron chi connectivity index (χ0n) is 22.5. The minimum absolute atomic E-state index is 0.136. The van der Waals surface area contributed by atoms with Crippen LogP contribution in [0, 0.1) is 11.3 Å². The molecule has 2 aromatic carbocycles. The van der Waals surface area contributed by atoms with Crippen molar-refractivity contribution in [3.8, 4) is 23.2 Å².